The van der Waals surface area contributed by atoms with Gasteiger partial charge in [-0.1, -0.05) is 5.16 Å². The van der Waals surface area contributed by atoms with Gasteiger partial charge in [-0.2, -0.15) is 13.2 Å². The molecule has 234 valence electrons. The molecule has 0 unspecified atom stereocenters. The van der Waals surface area contributed by atoms with Crippen molar-refractivity contribution in [1.82, 2.24) is 35.3 Å². The Kier molecular flexibility index (Phi) is 7.99. The Hall–Kier alpha value is -4.69. The number of H-pyrrole nitrogens is 1. The van der Waals surface area contributed by atoms with Crippen molar-refractivity contribution in [2.75, 3.05) is 25.5 Å². The number of aryl methyl sites for hydroxylation is 2. The lowest BCUT2D eigenvalue weighted by Crippen LogP contribution is -2.53. The fourth-order valence-electron chi connectivity index (χ4n) is 5.31. The van der Waals surface area contributed by atoms with E-state index < -0.39 is 35.4 Å². The molecule has 44 heavy (non-hydrogen) atoms. The van der Waals surface area contributed by atoms with Crippen LogP contribution in [0.1, 0.15) is 44.2 Å². The van der Waals surface area contributed by atoms with Crippen LogP contribution in [0.4, 0.5) is 23.9 Å². The number of pyridine rings is 1. The highest BCUT2D eigenvalue weighted by Gasteiger charge is 2.38. The first-order valence-electron chi connectivity index (χ1n) is 14.0. The number of fused-ring (bicyclic) bond motifs is 1. The van der Waals surface area contributed by atoms with E-state index in [1.807, 2.05) is 0 Å². The van der Waals surface area contributed by atoms with Gasteiger partial charge in [0.25, 0.3) is 0 Å². The summed E-state index contributed by atoms with van der Waals surface area (Å²) in [7, 11) is 1.50. The van der Waals surface area contributed by atoms with Crippen molar-refractivity contribution in [2.24, 2.45) is 5.92 Å². The summed E-state index contributed by atoms with van der Waals surface area (Å²) < 4.78 is 53.3. The van der Waals surface area contributed by atoms with Crippen molar-refractivity contribution in [3.63, 3.8) is 0 Å². The monoisotopic (exact) mass is 614 g/mol. The number of hydrogen-bond acceptors (Lipinski definition) is 9. The minimum absolute atomic E-state index is 0.0886. The Morgan fingerprint density at radius 2 is 1.89 bits per heavy atom. The van der Waals surface area contributed by atoms with Gasteiger partial charge in [0.05, 0.1) is 28.6 Å². The number of carbonyl (C=O) groups is 2. The molecule has 1 saturated heterocycles. The van der Waals surface area contributed by atoms with Crippen molar-refractivity contribution < 1.29 is 32.0 Å². The molecule has 5 heterocycles. The Bertz CT molecular complexity index is 1690. The smallest absolute Gasteiger partial charge is 0.419 e. The van der Waals surface area contributed by atoms with Crippen LogP contribution in [-0.2, 0) is 15.7 Å². The number of halogens is 3. The molecule has 2 amide bonds. The summed E-state index contributed by atoms with van der Waals surface area (Å²) in [5, 5.41) is 10.0. The van der Waals surface area contributed by atoms with Crippen LogP contribution in [0.2, 0.25) is 0 Å². The number of nitrogens with one attached hydrogen (secondary N) is 3. The number of anilines is 1. The summed E-state index contributed by atoms with van der Waals surface area (Å²) in [5.74, 6) is -0.381. The number of amides is 2. The van der Waals surface area contributed by atoms with E-state index in [0.29, 0.717) is 40.2 Å². The Balaban J connectivity index is 1.49. The third-order valence-electron chi connectivity index (χ3n) is 7.23. The van der Waals surface area contributed by atoms with Crippen LogP contribution >= 0.6 is 0 Å². The summed E-state index contributed by atoms with van der Waals surface area (Å²) in [5.41, 5.74) is 0.296. The van der Waals surface area contributed by atoms with E-state index in [-0.39, 0.29) is 36.2 Å². The van der Waals surface area contributed by atoms with Gasteiger partial charge in [-0.25, -0.2) is 19.7 Å². The predicted octanol–water partition coefficient (Wildman–Crippen LogP) is 5.09. The standard InChI is InChI=1S/C29H33F3N8O4/c1-14-22(15(2)44-39-14)21-8-7-18-19(10-34-24(18)37-21)23-20(29(30,31)32)11-35-26(38-23)36-17-9-16(25(41)33-6)12-40(13-17)27(42)43-28(3,4)5/h7-8,10-11,16-17H,9,12-13H2,1-6H3,(H,33,41)(H,34,37)(H,35,36,38)/t16-,17+/m1/s1. The number of aromatic nitrogens is 5. The van der Waals surface area contributed by atoms with Gasteiger partial charge in [0.2, 0.25) is 11.9 Å². The predicted molar refractivity (Wildman–Crippen MR) is 154 cm³/mol. The molecule has 1 aliphatic rings. The molecule has 3 N–H and O–H groups in total. The zero-order chi connectivity index (χ0) is 32.0. The number of carbonyl (C=O) groups excluding carboxylic acids is 2. The third-order valence-corrected chi connectivity index (χ3v) is 7.23. The van der Waals surface area contributed by atoms with Crippen molar-refractivity contribution in [1.29, 1.82) is 0 Å². The Morgan fingerprint density at radius 1 is 1.14 bits per heavy atom. The van der Waals surface area contributed by atoms with Crippen LogP contribution in [-0.4, -0.2) is 73.8 Å². The average molecular weight is 615 g/mol. The quantitative estimate of drug-likeness (QED) is 0.279. The number of aromatic amines is 1. The van der Waals surface area contributed by atoms with Gasteiger partial charge < -0.3 is 29.8 Å². The normalized spacial score (nSPS) is 17.5. The Morgan fingerprint density at radius 3 is 2.52 bits per heavy atom. The molecule has 0 aromatic carbocycles. The van der Waals surface area contributed by atoms with Crippen LogP contribution in [0.25, 0.3) is 33.5 Å². The number of ether oxygens (including phenoxy) is 1. The third kappa shape index (κ3) is 6.31. The highest BCUT2D eigenvalue weighted by molar-refractivity contribution is 5.94. The Labute approximate surface area is 250 Å². The molecule has 0 radical (unpaired) electrons. The lowest BCUT2D eigenvalue weighted by atomic mass is 9.93. The van der Waals surface area contributed by atoms with Crippen molar-refractivity contribution in [3.05, 3.63) is 41.5 Å². The van der Waals surface area contributed by atoms with Crippen molar-refractivity contribution in [2.45, 2.75) is 58.9 Å². The number of rotatable bonds is 5. The van der Waals surface area contributed by atoms with Gasteiger partial charge in [-0.3, -0.25) is 4.79 Å². The van der Waals surface area contributed by atoms with Crippen LogP contribution in [0.5, 0.6) is 0 Å². The SMILES string of the molecule is CNC(=O)[C@@H]1C[C@H](Nc2ncc(C(F)(F)F)c(-c3c[nH]c4nc(-c5c(C)noc5C)ccc34)n2)CN(C(=O)OC(C)(C)C)C1. The first-order valence-corrected chi connectivity index (χ1v) is 14.0. The molecule has 1 aliphatic heterocycles. The molecule has 1 fully saturated rings. The lowest BCUT2D eigenvalue weighted by molar-refractivity contribution is -0.137. The van der Waals surface area contributed by atoms with E-state index in [1.54, 1.807) is 46.8 Å². The highest BCUT2D eigenvalue weighted by atomic mass is 19.4. The molecule has 5 rings (SSSR count). The summed E-state index contributed by atoms with van der Waals surface area (Å²) in [4.78, 5) is 42.6. The second kappa shape index (κ2) is 11.4. The first kappa shape index (κ1) is 30.8. The van der Waals surface area contributed by atoms with E-state index >= 15 is 0 Å². The fraction of sp³-hybridized carbons (Fsp3) is 0.448. The highest BCUT2D eigenvalue weighted by Crippen LogP contribution is 2.39. The second-order valence-corrected chi connectivity index (χ2v) is 11.7. The number of alkyl halides is 3. The molecular formula is C29H33F3N8O4. The molecular weight excluding hydrogens is 581 g/mol. The summed E-state index contributed by atoms with van der Waals surface area (Å²) in [6, 6.07) is 2.80. The average Bonchev–Trinajstić information content (AvgIpc) is 3.52. The molecule has 0 spiro atoms. The van der Waals surface area contributed by atoms with E-state index in [9.17, 15) is 22.8 Å². The van der Waals surface area contributed by atoms with Gasteiger partial charge in [-0.05, 0) is 53.2 Å². The maximum absolute atomic E-state index is 14.2. The molecule has 4 aromatic heterocycles. The maximum atomic E-state index is 14.2. The molecule has 2 atom stereocenters. The number of likely N-dealkylation sites (tertiary alicyclic amines) is 1. The van der Waals surface area contributed by atoms with E-state index in [2.05, 4.69) is 35.7 Å². The molecule has 0 saturated carbocycles. The molecule has 0 bridgehead atoms. The van der Waals surface area contributed by atoms with E-state index in [1.165, 1.54) is 18.1 Å². The summed E-state index contributed by atoms with van der Waals surface area (Å²) >= 11 is 0. The number of nitrogens with zero attached hydrogens (tertiary/aromatic N) is 5. The molecule has 4 aromatic rings. The molecule has 15 heteroatoms. The minimum atomic E-state index is -4.75. The van der Waals surface area contributed by atoms with Crippen molar-refractivity contribution in [3.8, 4) is 22.5 Å². The van der Waals surface area contributed by atoms with E-state index in [0.717, 1.165) is 6.20 Å². The van der Waals surface area contributed by atoms with Crippen LogP contribution in [0.15, 0.2) is 29.0 Å². The minimum Gasteiger partial charge on any atom is -0.444 e. The van der Waals surface area contributed by atoms with Crippen molar-refractivity contribution >= 4 is 29.0 Å². The zero-order valence-electron chi connectivity index (χ0n) is 25.1. The fourth-order valence-corrected chi connectivity index (χ4v) is 5.31. The van der Waals surface area contributed by atoms with Gasteiger partial charge in [0.15, 0.2) is 0 Å². The first-order chi connectivity index (χ1) is 20.6. The van der Waals surface area contributed by atoms with Gasteiger partial charge in [0, 0.05) is 49.5 Å². The lowest BCUT2D eigenvalue weighted by Gasteiger charge is -2.38. The van der Waals surface area contributed by atoms with Crippen LogP contribution in [0.3, 0.4) is 0 Å². The topological polar surface area (TPSA) is 151 Å². The largest absolute Gasteiger partial charge is 0.444 e. The van der Waals surface area contributed by atoms with Gasteiger partial charge in [-0.15, -0.1) is 0 Å². The second-order valence-electron chi connectivity index (χ2n) is 11.7. The van der Waals surface area contributed by atoms with Gasteiger partial charge >= 0.3 is 12.3 Å². The number of hydrogen-bond donors (Lipinski definition) is 3. The van der Waals surface area contributed by atoms with Crippen LogP contribution < -0.4 is 10.6 Å². The number of piperidine rings is 1. The zero-order valence-corrected chi connectivity index (χ0v) is 25.1. The maximum Gasteiger partial charge on any atom is 0.419 e. The van der Waals surface area contributed by atoms with Crippen LogP contribution in [0, 0.1) is 19.8 Å². The molecule has 12 nitrogen and oxygen atoms in total. The summed E-state index contributed by atoms with van der Waals surface area (Å²) in [6.45, 7) is 8.98. The van der Waals surface area contributed by atoms with E-state index in [4.69, 9.17) is 9.26 Å². The molecule has 0 aliphatic carbocycles. The summed E-state index contributed by atoms with van der Waals surface area (Å²) in [6.07, 6.45) is -2.92. The van der Waals surface area contributed by atoms with Gasteiger partial charge in [0.1, 0.15) is 22.6 Å².